The van der Waals surface area contributed by atoms with Crippen molar-refractivity contribution in [3.8, 4) is 0 Å². The van der Waals surface area contributed by atoms with Gasteiger partial charge < -0.3 is 10.1 Å². The van der Waals surface area contributed by atoms with Crippen molar-refractivity contribution in [2.75, 3.05) is 0 Å². The third-order valence-electron chi connectivity index (χ3n) is 3.46. The van der Waals surface area contributed by atoms with Crippen molar-refractivity contribution in [1.82, 2.24) is 5.32 Å². The Kier molecular flexibility index (Phi) is 3.09. The van der Waals surface area contributed by atoms with Crippen molar-refractivity contribution in [3.63, 3.8) is 0 Å². The normalized spacial score (nSPS) is 40.8. The molecule has 0 saturated heterocycles. The van der Waals surface area contributed by atoms with Crippen molar-refractivity contribution in [1.29, 1.82) is 0 Å². The molecule has 88 valence electrons. The van der Waals surface area contributed by atoms with Crippen molar-refractivity contribution >= 4 is 0 Å². The molecule has 2 saturated carbocycles. The number of hydrogen-bond donors (Lipinski definition) is 1. The standard InChI is InChI=1S/C13H25NO/c1-9-5-10(6-9)14-11-7-12(8-11)15-13(2,3)4/h9-12,14H,5-8H2,1-4H3. The molecule has 0 amide bonds. The van der Waals surface area contributed by atoms with E-state index < -0.39 is 0 Å². The number of ether oxygens (including phenoxy) is 1. The van der Waals surface area contributed by atoms with Gasteiger partial charge in [-0.2, -0.15) is 0 Å². The van der Waals surface area contributed by atoms with E-state index in [1.807, 2.05) is 0 Å². The van der Waals surface area contributed by atoms with Gasteiger partial charge in [0, 0.05) is 12.1 Å². The Labute approximate surface area is 93.8 Å². The average molecular weight is 211 g/mol. The van der Waals surface area contributed by atoms with E-state index in [1.165, 1.54) is 25.7 Å². The van der Waals surface area contributed by atoms with Crippen LogP contribution >= 0.6 is 0 Å². The molecule has 0 aromatic rings. The van der Waals surface area contributed by atoms with Gasteiger partial charge in [0.2, 0.25) is 0 Å². The van der Waals surface area contributed by atoms with Crippen LogP contribution in [0, 0.1) is 5.92 Å². The molecule has 0 radical (unpaired) electrons. The average Bonchev–Trinajstić information content (AvgIpc) is 1.94. The minimum absolute atomic E-state index is 0.0284. The Morgan fingerprint density at radius 3 is 2.00 bits per heavy atom. The molecule has 0 spiro atoms. The molecule has 0 atom stereocenters. The third kappa shape index (κ3) is 3.18. The Balaban J connectivity index is 1.58. The predicted octanol–water partition coefficient (Wildman–Crippen LogP) is 2.72. The highest BCUT2D eigenvalue weighted by atomic mass is 16.5. The zero-order chi connectivity index (χ0) is 11.1. The van der Waals surface area contributed by atoms with Crippen LogP contribution in [0.5, 0.6) is 0 Å². The highest BCUT2D eigenvalue weighted by Crippen LogP contribution is 2.32. The minimum Gasteiger partial charge on any atom is -0.373 e. The summed E-state index contributed by atoms with van der Waals surface area (Å²) in [4.78, 5) is 0. The molecule has 0 heterocycles. The number of rotatable bonds is 3. The van der Waals surface area contributed by atoms with E-state index in [2.05, 4.69) is 33.0 Å². The summed E-state index contributed by atoms with van der Waals surface area (Å²) in [5, 5.41) is 3.72. The highest BCUT2D eigenvalue weighted by molar-refractivity contribution is 4.92. The lowest BCUT2D eigenvalue weighted by atomic mass is 9.79. The van der Waals surface area contributed by atoms with Gasteiger partial charge in [0.05, 0.1) is 11.7 Å². The van der Waals surface area contributed by atoms with E-state index in [0.717, 1.165) is 18.0 Å². The van der Waals surface area contributed by atoms with Gasteiger partial charge in [-0.1, -0.05) is 6.92 Å². The second-order valence-corrected chi connectivity index (χ2v) is 6.46. The molecule has 0 aromatic carbocycles. The Morgan fingerprint density at radius 2 is 1.53 bits per heavy atom. The summed E-state index contributed by atoms with van der Waals surface area (Å²) in [6.07, 6.45) is 5.67. The van der Waals surface area contributed by atoms with Gasteiger partial charge in [-0.25, -0.2) is 0 Å². The fourth-order valence-corrected chi connectivity index (χ4v) is 2.67. The van der Waals surface area contributed by atoms with Crippen molar-refractivity contribution < 1.29 is 4.74 Å². The van der Waals surface area contributed by atoms with Gasteiger partial charge in [0.1, 0.15) is 0 Å². The fraction of sp³-hybridized carbons (Fsp3) is 1.00. The number of nitrogens with one attached hydrogen (secondary N) is 1. The summed E-state index contributed by atoms with van der Waals surface area (Å²) in [6.45, 7) is 8.76. The first-order valence-electron chi connectivity index (χ1n) is 6.36. The summed E-state index contributed by atoms with van der Waals surface area (Å²) in [5.41, 5.74) is 0.0284. The van der Waals surface area contributed by atoms with Gasteiger partial charge in [-0.15, -0.1) is 0 Å². The lowest BCUT2D eigenvalue weighted by Crippen LogP contribution is -2.53. The number of hydrogen-bond acceptors (Lipinski definition) is 2. The summed E-state index contributed by atoms with van der Waals surface area (Å²) >= 11 is 0. The van der Waals surface area contributed by atoms with Gasteiger partial charge in [-0.05, 0) is 52.4 Å². The summed E-state index contributed by atoms with van der Waals surface area (Å²) in [6, 6.07) is 1.54. The van der Waals surface area contributed by atoms with Crippen molar-refractivity contribution in [2.24, 2.45) is 5.92 Å². The molecule has 0 aliphatic heterocycles. The molecule has 0 bridgehead atoms. The van der Waals surface area contributed by atoms with Gasteiger partial charge >= 0.3 is 0 Å². The second-order valence-electron chi connectivity index (χ2n) is 6.46. The predicted molar refractivity (Wildman–Crippen MR) is 63.0 cm³/mol. The zero-order valence-electron chi connectivity index (χ0n) is 10.5. The van der Waals surface area contributed by atoms with Gasteiger partial charge in [-0.3, -0.25) is 0 Å². The summed E-state index contributed by atoms with van der Waals surface area (Å²) in [5.74, 6) is 0.948. The van der Waals surface area contributed by atoms with E-state index in [1.54, 1.807) is 0 Å². The minimum atomic E-state index is 0.0284. The van der Waals surface area contributed by atoms with Crippen molar-refractivity contribution in [2.45, 2.75) is 77.2 Å². The van der Waals surface area contributed by atoms with Crippen LogP contribution in [-0.2, 0) is 4.74 Å². The van der Waals surface area contributed by atoms with E-state index in [9.17, 15) is 0 Å². The van der Waals surface area contributed by atoms with Crippen LogP contribution in [0.3, 0.4) is 0 Å². The maximum Gasteiger partial charge on any atom is 0.0612 e. The largest absolute Gasteiger partial charge is 0.373 e. The highest BCUT2D eigenvalue weighted by Gasteiger charge is 2.36. The molecule has 1 N–H and O–H groups in total. The van der Waals surface area contributed by atoms with Gasteiger partial charge in [0.15, 0.2) is 0 Å². The van der Waals surface area contributed by atoms with Crippen LogP contribution in [0.15, 0.2) is 0 Å². The van der Waals surface area contributed by atoms with Crippen LogP contribution in [0.2, 0.25) is 0 Å². The Morgan fingerprint density at radius 1 is 1.00 bits per heavy atom. The Hall–Kier alpha value is -0.0800. The maximum atomic E-state index is 5.92. The first-order valence-corrected chi connectivity index (χ1v) is 6.36. The van der Waals surface area contributed by atoms with Gasteiger partial charge in [0.25, 0.3) is 0 Å². The molecule has 15 heavy (non-hydrogen) atoms. The lowest BCUT2D eigenvalue weighted by Gasteiger charge is -2.44. The summed E-state index contributed by atoms with van der Waals surface area (Å²) in [7, 11) is 0. The molecule has 2 fully saturated rings. The molecule has 2 aliphatic carbocycles. The molecular formula is C13H25NO. The molecule has 2 aliphatic rings. The van der Waals surface area contributed by atoms with Crippen LogP contribution < -0.4 is 5.32 Å². The van der Waals surface area contributed by atoms with E-state index in [-0.39, 0.29) is 5.60 Å². The topological polar surface area (TPSA) is 21.3 Å². The molecule has 2 rings (SSSR count). The van der Waals surface area contributed by atoms with Crippen LogP contribution in [0.1, 0.15) is 53.4 Å². The van der Waals surface area contributed by atoms with Crippen LogP contribution in [-0.4, -0.2) is 23.8 Å². The zero-order valence-corrected chi connectivity index (χ0v) is 10.5. The molecule has 0 aromatic heterocycles. The van der Waals surface area contributed by atoms with Crippen LogP contribution in [0.25, 0.3) is 0 Å². The molecule has 0 unspecified atom stereocenters. The smallest absolute Gasteiger partial charge is 0.0612 e. The fourth-order valence-electron chi connectivity index (χ4n) is 2.67. The SMILES string of the molecule is CC1CC(NC2CC(OC(C)(C)C)C2)C1. The lowest BCUT2D eigenvalue weighted by molar-refractivity contribution is -0.104. The monoisotopic (exact) mass is 211 g/mol. The molecular weight excluding hydrogens is 186 g/mol. The Bertz CT molecular complexity index is 209. The van der Waals surface area contributed by atoms with E-state index >= 15 is 0 Å². The van der Waals surface area contributed by atoms with E-state index in [0.29, 0.717) is 6.10 Å². The van der Waals surface area contributed by atoms with Crippen molar-refractivity contribution in [3.05, 3.63) is 0 Å². The first kappa shape index (κ1) is 11.4. The van der Waals surface area contributed by atoms with Crippen LogP contribution in [0.4, 0.5) is 0 Å². The quantitative estimate of drug-likeness (QED) is 0.775. The maximum absolute atomic E-state index is 5.92. The first-order chi connectivity index (χ1) is 6.92. The molecule has 2 nitrogen and oxygen atoms in total. The third-order valence-corrected chi connectivity index (χ3v) is 3.46. The molecule has 2 heteroatoms. The summed E-state index contributed by atoms with van der Waals surface area (Å²) < 4.78 is 5.92. The van der Waals surface area contributed by atoms with E-state index in [4.69, 9.17) is 4.74 Å². The second kappa shape index (κ2) is 4.06.